The van der Waals surface area contributed by atoms with Gasteiger partial charge in [0.2, 0.25) is 5.91 Å². The summed E-state index contributed by atoms with van der Waals surface area (Å²) in [5.74, 6) is -1.26. The molecule has 124 valence electrons. The Morgan fingerprint density at radius 3 is 2.78 bits per heavy atom. The number of halogens is 2. The highest BCUT2D eigenvalue weighted by Gasteiger charge is 2.28. The second-order valence-corrected chi connectivity index (χ2v) is 6.07. The van der Waals surface area contributed by atoms with Crippen LogP contribution in [0.1, 0.15) is 31.4 Å². The molecule has 1 fully saturated rings. The van der Waals surface area contributed by atoms with Crippen LogP contribution in [0, 0.1) is 0 Å². The number of hydrogen-bond donors (Lipinski definition) is 2. The minimum atomic E-state index is -0.668. The van der Waals surface area contributed by atoms with Crippen molar-refractivity contribution in [3.63, 3.8) is 0 Å². The average Bonchev–Trinajstić information content (AvgIpc) is 2.91. The van der Waals surface area contributed by atoms with Crippen LogP contribution < -0.4 is 10.6 Å². The molecular formula is C15H16Cl2N2O4. The van der Waals surface area contributed by atoms with E-state index in [1.165, 1.54) is 0 Å². The number of nitrogens with one attached hydrogen (secondary N) is 2. The van der Waals surface area contributed by atoms with E-state index in [-0.39, 0.29) is 18.4 Å². The highest BCUT2D eigenvalue weighted by atomic mass is 35.5. The lowest BCUT2D eigenvalue weighted by molar-refractivity contribution is -0.150. The lowest BCUT2D eigenvalue weighted by Crippen LogP contribution is -2.37. The van der Waals surface area contributed by atoms with Crippen molar-refractivity contribution in [1.82, 2.24) is 10.6 Å². The fraction of sp³-hybridized carbons (Fsp3) is 0.400. The van der Waals surface area contributed by atoms with E-state index in [4.69, 9.17) is 27.9 Å². The standard InChI is InChI=1S/C15H16Cl2N2O4/c1-8(10-3-2-9(16)6-11(10)17)18-14(21)7-23-15(22)12-4-5-13(20)19-12/h2-3,6,8,12H,4-5,7H2,1H3,(H,18,21)(H,19,20)/t8-,12+/m1/s1. The van der Waals surface area contributed by atoms with Gasteiger partial charge in [-0.15, -0.1) is 0 Å². The van der Waals surface area contributed by atoms with Gasteiger partial charge >= 0.3 is 5.97 Å². The SMILES string of the molecule is C[C@@H](NC(=O)COC(=O)[C@@H]1CCC(=O)N1)c1ccc(Cl)cc1Cl. The van der Waals surface area contributed by atoms with Crippen LogP contribution in [-0.2, 0) is 19.1 Å². The van der Waals surface area contributed by atoms with Gasteiger partial charge in [-0.2, -0.15) is 0 Å². The van der Waals surface area contributed by atoms with Crippen LogP contribution in [0.4, 0.5) is 0 Å². The fourth-order valence-electron chi connectivity index (χ4n) is 2.24. The van der Waals surface area contributed by atoms with Crippen molar-refractivity contribution in [3.8, 4) is 0 Å². The monoisotopic (exact) mass is 358 g/mol. The zero-order valence-corrected chi connectivity index (χ0v) is 13.9. The van der Waals surface area contributed by atoms with E-state index in [0.717, 1.165) is 0 Å². The Balaban J connectivity index is 1.82. The smallest absolute Gasteiger partial charge is 0.329 e. The van der Waals surface area contributed by atoms with E-state index in [0.29, 0.717) is 22.0 Å². The topological polar surface area (TPSA) is 84.5 Å². The van der Waals surface area contributed by atoms with Gasteiger partial charge in [-0.25, -0.2) is 4.79 Å². The summed E-state index contributed by atoms with van der Waals surface area (Å²) in [5.41, 5.74) is 0.707. The Morgan fingerprint density at radius 1 is 1.43 bits per heavy atom. The van der Waals surface area contributed by atoms with Crippen molar-refractivity contribution in [2.24, 2.45) is 0 Å². The number of amides is 2. The first-order valence-corrected chi connectivity index (χ1v) is 7.82. The maximum absolute atomic E-state index is 11.8. The van der Waals surface area contributed by atoms with Gasteiger partial charge in [-0.1, -0.05) is 29.3 Å². The molecule has 6 nitrogen and oxygen atoms in total. The molecule has 1 aromatic carbocycles. The third-order valence-corrected chi connectivity index (χ3v) is 3.99. The molecule has 8 heteroatoms. The average molecular weight is 359 g/mol. The highest BCUT2D eigenvalue weighted by molar-refractivity contribution is 6.35. The van der Waals surface area contributed by atoms with Gasteiger partial charge in [0, 0.05) is 16.5 Å². The number of benzene rings is 1. The van der Waals surface area contributed by atoms with Crippen molar-refractivity contribution in [1.29, 1.82) is 0 Å². The maximum atomic E-state index is 11.8. The first-order chi connectivity index (χ1) is 10.9. The van der Waals surface area contributed by atoms with Crippen LogP contribution >= 0.6 is 23.2 Å². The molecule has 2 rings (SSSR count). The molecule has 2 N–H and O–H groups in total. The zero-order chi connectivity index (χ0) is 17.0. The van der Waals surface area contributed by atoms with E-state index < -0.39 is 24.5 Å². The Hall–Kier alpha value is -1.79. The lowest BCUT2D eigenvalue weighted by atomic mass is 10.1. The normalized spacial score (nSPS) is 18.2. The van der Waals surface area contributed by atoms with Gasteiger partial charge < -0.3 is 15.4 Å². The van der Waals surface area contributed by atoms with Crippen LogP contribution in [0.2, 0.25) is 10.0 Å². The van der Waals surface area contributed by atoms with Crippen molar-refractivity contribution < 1.29 is 19.1 Å². The lowest BCUT2D eigenvalue weighted by Gasteiger charge is -2.16. The molecule has 2 atom stereocenters. The molecule has 1 aliphatic rings. The summed E-state index contributed by atoms with van der Waals surface area (Å²) in [6.45, 7) is 1.34. The minimum absolute atomic E-state index is 0.192. The molecule has 0 aromatic heterocycles. The molecule has 1 aliphatic heterocycles. The summed E-state index contributed by atoms with van der Waals surface area (Å²) in [6, 6.07) is 3.95. The van der Waals surface area contributed by atoms with E-state index in [1.54, 1.807) is 25.1 Å². The number of ether oxygens (including phenoxy) is 1. The summed E-state index contributed by atoms with van der Waals surface area (Å²) < 4.78 is 4.90. The van der Waals surface area contributed by atoms with Crippen LogP contribution in [0.3, 0.4) is 0 Å². The van der Waals surface area contributed by atoms with Crippen LogP contribution in [0.25, 0.3) is 0 Å². The van der Waals surface area contributed by atoms with Gasteiger partial charge in [0.05, 0.1) is 6.04 Å². The number of carbonyl (C=O) groups is 3. The molecule has 0 radical (unpaired) electrons. The molecule has 0 aliphatic carbocycles. The first-order valence-electron chi connectivity index (χ1n) is 7.07. The van der Waals surface area contributed by atoms with Gasteiger partial charge in [0.25, 0.3) is 5.91 Å². The van der Waals surface area contributed by atoms with E-state index in [2.05, 4.69) is 10.6 Å². The Labute approximate surface area is 143 Å². The fourth-order valence-corrected chi connectivity index (χ4v) is 2.81. The predicted octanol–water partition coefficient (Wildman–Crippen LogP) is 1.99. The van der Waals surface area contributed by atoms with E-state index in [1.807, 2.05) is 0 Å². The molecule has 0 spiro atoms. The predicted molar refractivity (Wildman–Crippen MR) is 85.1 cm³/mol. The van der Waals surface area contributed by atoms with Gasteiger partial charge in [0.1, 0.15) is 6.04 Å². The molecule has 1 saturated heterocycles. The molecule has 0 unspecified atom stereocenters. The highest BCUT2D eigenvalue weighted by Crippen LogP contribution is 2.25. The third kappa shape index (κ3) is 4.84. The van der Waals surface area contributed by atoms with Gasteiger partial charge in [0.15, 0.2) is 6.61 Å². The number of carbonyl (C=O) groups excluding carboxylic acids is 3. The summed E-state index contributed by atoms with van der Waals surface area (Å²) in [5, 5.41) is 6.11. The van der Waals surface area contributed by atoms with E-state index in [9.17, 15) is 14.4 Å². The van der Waals surface area contributed by atoms with Crippen molar-refractivity contribution in [2.45, 2.75) is 31.8 Å². The summed E-state index contributed by atoms with van der Waals surface area (Å²) in [4.78, 5) is 34.6. The molecule has 0 bridgehead atoms. The minimum Gasteiger partial charge on any atom is -0.454 e. The van der Waals surface area contributed by atoms with Crippen LogP contribution in [0.5, 0.6) is 0 Å². The molecule has 2 amide bonds. The first kappa shape index (κ1) is 17.6. The zero-order valence-electron chi connectivity index (χ0n) is 12.4. The molecular weight excluding hydrogens is 343 g/mol. The second kappa shape index (κ2) is 7.66. The summed E-state index contributed by atoms with van der Waals surface area (Å²) in [6.07, 6.45) is 0.675. The third-order valence-electron chi connectivity index (χ3n) is 3.43. The maximum Gasteiger partial charge on any atom is 0.329 e. The van der Waals surface area contributed by atoms with Crippen molar-refractivity contribution in [3.05, 3.63) is 33.8 Å². The summed E-state index contributed by atoms with van der Waals surface area (Å²) in [7, 11) is 0. The molecule has 1 heterocycles. The Bertz CT molecular complexity index is 636. The van der Waals surface area contributed by atoms with Gasteiger partial charge in [-0.3, -0.25) is 9.59 Å². The number of hydrogen-bond acceptors (Lipinski definition) is 4. The van der Waals surface area contributed by atoms with Crippen molar-refractivity contribution in [2.75, 3.05) is 6.61 Å². The van der Waals surface area contributed by atoms with Crippen molar-refractivity contribution >= 4 is 41.0 Å². The summed E-state index contributed by atoms with van der Waals surface area (Å²) >= 11 is 11.9. The molecule has 23 heavy (non-hydrogen) atoms. The van der Waals surface area contributed by atoms with Gasteiger partial charge in [-0.05, 0) is 31.0 Å². The number of rotatable bonds is 5. The second-order valence-electron chi connectivity index (χ2n) is 5.22. The Kier molecular flexibility index (Phi) is 5.85. The largest absolute Gasteiger partial charge is 0.454 e. The van der Waals surface area contributed by atoms with E-state index >= 15 is 0 Å². The molecule has 1 aromatic rings. The molecule has 0 saturated carbocycles. The Morgan fingerprint density at radius 2 is 2.17 bits per heavy atom. The quantitative estimate of drug-likeness (QED) is 0.788. The van der Waals surface area contributed by atoms with Crippen LogP contribution in [0.15, 0.2) is 18.2 Å². The van der Waals surface area contributed by atoms with Crippen LogP contribution in [-0.4, -0.2) is 30.4 Å². The number of esters is 1.